The molecule has 2 amide bonds. The third kappa shape index (κ3) is 5.73. The average Bonchev–Trinajstić information content (AvgIpc) is 2.62. The third-order valence-electron chi connectivity index (χ3n) is 4.82. The summed E-state index contributed by atoms with van der Waals surface area (Å²) in [5.74, 6) is -0.231. The lowest BCUT2D eigenvalue weighted by molar-refractivity contribution is -0.133. The first-order valence-electron chi connectivity index (χ1n) is 9.41. The summed E-state index contributed by atoms with van der Waals surface area (Å²) in [5, 5.41) is 6.00. The van der Waals surface area contributed by atoms with E-state index >= 15 is 0 Å². The molecule has 1 aromatic rings. The highest BCUT2D eigenvalue weighted by Gasteiger charge is 2.40. The zero-order valence-electron chi connectivity index (χ0n) is 15.4. The molecule has 1 aromatic carbocycles. The second-order valence-corrected chi connectivity index (χ2v) is 6.99. The quantitative estimate of drug-likeness (QED) is 0.586. The Morgan fingerprint density at radius 1 is 1.12 bits per heavy atom. The van der Waals surface area contributed by atoms with E-state index in [4.69, 9.17) is 0 Å². The van der Waals surface area contributed by atoms with Crippen molar-refractivity contribution in [3.8, 4) is 0 Å². The van der Waals surface area contributed by atoms with Crippen molar-refractivity contribution in [3.63, 3.8) is 0 Å². The Morgan fingerprint density at radius 3 is 2.44 bits per heavy atom. The number of benzene rings is 1. The van der Waals surface area contributed by atoms with Gasteiger partial charge in [-0.05, 0) is 37.8 Å². The highest BCUT2D eigenvalue weighted by molar-refractivity contribution is 5.97. The molecule has 0 aliphatic heterocycles. The minimum atomic E-state index is -0.749. The van der Waals surface area contributed by atoms with Crippen LogP contribution in [0.4, 0.5) is 0 Å². The molecular weight excluding hydrogens is 312 g/mol. The summed E-state index contributed by atoms with van der Waals surface area (Å²) < 4.78 is 0. The maximum Gasteiger partial charge on any atom is 0.245 e. The van der Waals surface area contributed by atoms with Gasteiger partial charge in [0, 0.05) is 12.6 Å². The Balaban J connectivity index is 2.01. The number of nitrogens with one attached hydrogen (secondary N) is 2. The molecule has 0 heterocycles. The normalized spacial score (nSPS) is 16.6. The monoisotopic (exact) mass is 342 g/mol. The fraction of sp³-hybridized carbons (Fsp3) is 0.524. The fourth-order valence-corrected chi connectivity index (χ4v) is 3.24. The van der Waals surface area contributed by atoms with Crippen LogP contribution in [0.25, 0.3) is 6.08 Å². The Labute approximate surface area is 151 Å². The van der Waals surface area contributed by atoms with Gasteiger partial charge in [-0.25, -0.2) is 0 Å². The zero-order chi connectivity index (χ0) is 18.1. The molecule has 0 atom stereocenters. The SMILES string of the molecule is CCCCNC(=O)C1(NC(=O)/C=C/c2ccc(C)cc2)CCCCC1. The second-order valence-electron chi connectivity index (χ2n) is 6.99. The number of hydrogen-bond donors (Lipinski definition) is 2. The predicted octanol–water partition coefficient (Wildman–Crippen LogP) is 3.74. The summed E-state index contributed by atoms with van der Waals surface area (Å²) in [6.07, 6.45) is 9.83. The molecule has 0 saturated heterocycles. The lowest BCUT2D eigenvalue weighted by Gasteiger charge is -2.36. The van der Waals surface area contributed by atoms with Gasteiger partial charge < -0.3 is 10.6 Å². The first-order chi connectivity index (χ1) is 12.1. The van der Waals surface area contributed by atoms with Crippen LogP contribution in [0.2, 0.25) is 0 Å². The van der Waals surface area contributed by atoms with Gasteiger partial charge in [0.15, 0.2) is 0 Å². The molecule has 1 fully saturated rings. The molecule has 25 heavy (non-hydrogen) atoms. The lowest BCUT2D eigenvalue weighted by atomic mass is 9.80. The van der Waals surface area contributed by atoms with Crippen LogP contribution in [0.3, 0.4) is 0 Å². The van der Waals surface area contributed by atoms with E-state index < -0.39 is 5.54 Å². The fourth-order valence-electron chi connectivity index (χ4n) is 3.24. The number of carbonyl (C=O) groups is 2. The molecular formula is C21H30N2O2. The molecule has 0 spiro atoms. The predicted molar refractivity (Wildman–Crippen MR) is 102 cm³/mol. The van der Waals surface area contributed by atoms with Gasteiger partial charge in [-0.3, -0.25) is 9.59 Å². The van der Waals surface area contributed by atoms with Crippen LogP contribution in [0.15, 0.2) is 30.3 Å². The Hall–Kier alpha value is -2.10. The molecule has 1 aliphatic rings. The van der Waals surface area contributed by atoms with Gasteiger partial charge in [-0.2, -0.15) is 0 Å². The molecule has 0 aromatic heterocycles. The van der Waals surface area contributed by atoms with Crippen molar-refractivity contribution < 1.29 is 9.59 Å². The molecule has 0 bridgehead atoms. The van der Waals surface area contributed by atoms with Crippen molar-refractivity contribution >= 4 is 17.9 Å². The minimum absolute atomic E-state index is 0.0299. The molecule has 2 N–H and O–H groups in total. The van der Waals surface area contributed by atoms with Crippen LogP contribution in [-0.2, 0) is 9.59 Å². The maximum absolute atomic E-state index is 12.7. The van der Waals surface area contributed by atoms with E-state index in [1.54, 1.807) is 6.08 Å². The molecule has 4 nitrogen and oxygen atoms in total. The molecule has 1 saturated carbocycles. The number of unbranched alkanes of at least 4 members (excludes halogenated alkanes) is 1. The smallest absolute Gasteiger partial charge is 0.245 e. The maximum atomic E-state index is 12.7. The molecule has 136 valence electrons. The summed E-state index contributed by atoms with van der Waals surface area (Å²) in [7, 11) is 0. The van der Waals surface area contributed by atoms with E-state index in [9.17, 15) is 9.59 Å². The number of aryl methyl sites for hydroxylation is 1. The molecule has 0 unspecified atom stereocenters. The average molecular weight is 342 g/mol. The number of hydrogen-bond acceptors (Lipinski definition) is 2. The van der Waals surface area contributed by atoms with E-state index in [0.717, 1.165) is 50.5 Å². The number of amides is 2. The van der Waals surface area contributed by atoms with Crippen LogP contribution < -0.4 is 10.6 Å². The summed E-state index contributed by atoms with van der Waals surface area (Å²) >= 11 is 0. The van der Waals surface area contributed by atoms with Crippen LogP contribution in [-0.4, -0.2) is 23.9 Å². The largest absolute Gasteiger partial charge is 0.354 e. The van der Waals surface area contributed by atoms with Crippen LogP contribution in [0, 0.1) is 6.92 Å². The number of carbonyl (C=O) groups excluding carboxylic acids is 2. The van der Waals surface area contributed by atoms with Gasteiger partial charge in [0.2, 0.25) is 11.8 Å². The van der Waals surface area contributed by atoms with Crippen molar-refractivity contribution in [1.82, 2.24) is 10.6 Å². The van der Waals surface area contributed by atoms with Crippen LogP contribution in [0.1, 0.15) is 63.0 Å². The molecule has 0 radical (unpaired) electrons. The van der Waals surface area contributed by atoms with E-state index in [1.165, 1.54) is 11.6 Å². The van der Waals surface area contributed by atoms with Crippen molar-refractivity contribution in [3.05, 3.63) is 41.5 Å². The van der Waals surface area contributed by atoms with Gasteiger partial charge in [0.05, 0.1) is 0 Å². The third-order valence-corrected chi connectivity index (χ3v) is 4.82. The van der Waals surface area contributed by atoms with Gasteiger partial charge in [-0.15, -0.1) is 0 Å². The van der Waals surface area contributed by atoms with Crippen molar-refractivity contribution in [1.29, 1.82) is 0 Å². The molecule has 2 rings (SSSR count). The van der Waals surface area contributed by atoms with Gasteiger partial charge >= 0.3 is 0 Å². The van der Waals surface area contributed by atoms with Crippen molar-refractivity contribution in [2.24, 2.45) is 0 Å². The van der Waals surface area contributed by atoms with Crippen LogP contribution in [0.5, 0.6) is 0 Å². The van der Waals surface area contributed by atoms with Gasteiger partial charge in [0.1, 0.15) is 5.54 Å². The Morgan fingerprint density at radius 2 is 1.80 bits per heavy atom. The van der Waals surface area contributed by atoms with Crippen molar-refractivity contribution in [2.45, 2.75) is 64.3 Å². The van der Waals surface area contributed by atoms with Crippen molar-refractivity contribution in [2.75, 3.05) is 6.54 Å². The minimum Gasteiger partial charge on any atom is -0.354 e. The highest BCUT2D eigenvalue weighted by atomic mass is 16.2. The Bertz CT molecular complexity index is 599. The summed E-state index contributed by atoms with van der Waals surface area (Å²) in [5.41, 5.74) is 1.41. The lowest BCUT2D eigenvalue weighted by Crippen LogP contribution is -2.59. The summed E-state index contributed by atoms with van der Waals surface area (Å²) in [6.45, 7) is 4.80. The number of rotatable bonds is 7. The summed E-state index contributed by atoms with van der Waals surface area (Å²) in [4.78, 5) is 25.1. The van der Waals surface area contributed by atoms with E-state index in [2.05, 4.69) is 17.6 Å². The standard InChI is InChI=1S/C21H30N2O2/c1-3-4-16-22-20(25)21(14-6-5-7-15-21)23-19(24)13-12-18-10-8-17(2)9-11-18/h8-13H,3-7,14-16H2,1-2H3,(H,22,25)(H,23,24)/b13-12+. The topological polar surface area (TPSA) is 58.2 Å². The van der Waals surface area contributed by atoms with E-state index in [0.29, 0.717) is 6.54 Å². The first-order valence-corrected chi connectivity index (χ1v) is 9.41. The van der Waals surface area contributed by atoms with Crippen LogP contribution >= 0.6 is 0 Å². The Kier molecular flexibility index (Phi) is 7.23. The van der Waals surface area contributed by atoms with Gasteiger partial charge in [-0.1, -0.05) is 62.4 Å². The molecule has 1 aliphatic carbocycles. The molecule has 4 heteroatoms. The van der Waals surface area contributed by atoms with E-state index in [-0.39, 0.29) is 11.8 Å². The zero-order valence-corrected chi connectivity index (χ0v) is 15.4. The highest BCUT2D eigenvalue weighted by Crippen LogP contribution is 2.28. The van der Waals surface area contributed by atoms with Gasteiger partial charge in [0.25, 0.3) is 0 Å². The van der Waals surface area contributed by atoms with E-state index in [1.807, 2.05) is 31.2 Å². The summed E-state index contributed by atoms with van der Waals surface area (Å²) in [6, 6.07) is 7.99. The second kappa shape index (κ2) is 9.40. The first kappa shape index (κ1) is 19.2.